The van der Waals surface area contributed by atoms with Gasteiger partial charge < -0.3 is 18.9 Å². The van der Waals surface area contributed by atoms with Crippen molar-refractivity contribution in [1.29, 1.82) is 0 Å². The summed E-state index contributed by atoms with van der Waals surface area (Å²) in [5.74, 6) is -2.42. The molecular weight excluding hydrogens is 360 g/mol. The average Bonchev–Trinajstić information content (AvgIpc) is 3.13. The number of carbonyl (C=O) groups is 2. The van der Waals surface area contributed by atoms with Gasteiger partial charge in [0.05, 0.1) is 38.4 Å². The molecule has 1 aromatic rings. The van der Waals surface area contributed by atoms with Gasteiger partial charge in [0.2, 0.25) is 5.79 Å². The van der Waals surface area contributed by atoms with Crippen molar-refractivity contribution in [3.8, 4) is 0 Å². The third-order valence-electron chi connectivity index (χ3n) is 6.45. The van der Waals surface area contributed by atoms with Crippen molar-refractivity contribution in [3.05, 3.63) is 47.5 Å². The number of esters is 2. The molecule has 2 aliphatic carbocycles. The Hall–Kier alpha value is -2.18. The minimum absolute atomic E-state index is 0.201. The molecule has 0 radical (unpaired) electrons. The van der Waals surface area contributed by atoms with Crippen LogP contribution in [0.5, 0.6) is 0 Å². The molecule has 6 nitrogen and oxygen atoms in total. The largest absolute Gasteiger partial charge is 0.468 e. The lowest BCUT2D eigenvalue weighted by Gasteiger charge is -2.51. The van der Waals surface area contributed by atoms with E-state index < -0.39 is 28.6 Å². The lowest BCUT2D eigenvalue weighted by atomic mass is 9.72. The third kappa shape index (κ3) is 2.16. The van der Waals surface area contributed by atoms with Crippen molar-refractivity contribution in [3.63, 3.8) is 0 Å². The molecule has 2 fully saturated rings. The first-order chi connectivity index (χ1) is 13.3. The normalized spacial score (nSPS) is 32.1. The van der Waals surface area contributed by atoms with Crippen LogP contribution < -0.4 is 0 Å². The second-order valence-corrected chi connectivity index (χ2v) is 8.64. The van der Waals surface area contributed by atoms with Crippen LogP contribution in [0.1, 0.15) is 32.3 Å². The molecule has 2 bridgehead atoms. The van der Waals surface area contributed by atoms with Gasteiger partial charge in [0.15, 0.2) is 5.41 Å². The Balaban J connectivity index is 1.98. The minimum atomic E-state index is -1.36. The number of rotatable bonds is 3. The molecule has 1 aliphatic heterocycles. The van der Waals surface area contributed by atoms with Crippen LogP contribution in [0.4, 0.5) is 0 Å². The SMILES string of the molecule is COC(=O)C1=C[C@]2(c3ccccc3)CC[C@@]1(C(=O)OC)C21OCC(C)(C)CO1. The van der Waals surface area contributed by atoms with Crippen LogP contribution in [0.3, 0.4) is 0 Å². The minimum Gasteiger partial charge on any atom is -0.468 e. The van der Waals surface area contributed by atoms with Crippen molar-refractivity contribution >= 4 is 11.9 Å². The van der Waals surface area contributed by atoms with E-state index in [1.807, 2.05) is 50.3 Å². The van der Waals surface area contributed by atoms with E-state index in [4.69, 9.17) is 18.9 Å². The Labute approximate surface area is 164 Å². The van der Waals surface area contributed by atoms with Crippen LogP contribution in [0.2, 0.25) is 0 Å². The van der Waals surface area contributed by atoms with Crippen LogP contribution in [0.25, 0.3) is 0 Å². The first-order valence-electron chi connectivity index (χ1n) is 9.52. The smallest absolute Gasteiger partial charge is 0.334 e. The lowest BCUT2D eigenvalue weighted by molar-refractivity contribution is -0.340. The Kier molecular flexibility index (Phi) is 4.21. The van der Waals surface area contributed by atoms with Crippen LogP contribution in [-0.4, -0.2) is 45.2 Å². The van der Waals surface area contributed by atoms with E-state index in [-0.39, 0.29) is 11.0 Å². The Bertz CT molecular complexity index is 832. The molecule has 1 spiro atoms. The van der Waals surface area contributed by atoms with Crippen LogP contribution in [0, 0.1) is 10.8 Å². The quantitative estimate of drug-likeness (QED) is 0.744. The number of benzene rings is 1. The molecule has 3 aliphatic rings. The van der Waals surface area contributed by atoms with Gasteiger partial charge in [-0.05, 0) is 18.4 Å². The lowest BCUT2D eigenvalue weighted by Crippen LogP contribution is -2.63. The maximum absolute atomic E-state index is 13.2. The van der Waals surface area contributed by atoms with Crippen LogP contribution >= 0.6 is 0 Å². The predicted octanol–water partition coefficient (Wildman–Crippen LogP) is 2.76. The fourth-order valence-electron chi connectivity index (χ4n) is 5.14. The maximum Gasteiger partial charge on any atom is 0.334 e. The van der Waals surface area contributed by atoms with Gasteiger partial charge in [-0.3, -0.25) is 4.79 Å². The molecule has 150 valence electrons. The van der Waals surface area contributed by atoms with E-state index in [2.05, 4.69) is 0 Å². The molecule has 2 atom stereocenters. The van der Waals surface area contributed by atoms with E-state index in [0.717, 1.165) is 5.56 Å². The molecule has 0 aromatic heterocycles. The fraction of sp³-hybridized carbons (Fsp3) is 0.545. The van der Waals surface area contributed by atoms with Gasteiger partial charge in [0.1, 0.15) is 0 Å². The molecule has 6 heteroatoms. The summed E-state index contributed by atoms with van der Waals surface area (Å²) < 4.78 is 23.1. The Morgan fingerprint density at radius 2 is 1.61 bits per heavy atom. The highest BCUT2D eigenvalue weighted by Gasteiger charge is 2.81. The molecule has 1 heterocycles. The zero-order valence-electron chi connectivity index (χ0n) is 16.7. The topological polar surface area (TPSA) is 71.1 Å². The van der Waals surface area contributed by atoms with E-state index in [0.29, 0.717) is 26.1 Å². The summed E-state index contributed by atoms with van der Waals surface area (Å²) in [5.41, 5.74) is -1.13. The second-order valence-electron chi connectivity index (χ2n) is 8.64. The highest BCUT2D eigenvalue weighted by Crippen LogP contribution is 2.70. The molecule has 0 N–H and O–H groups in total. The van der Waals surface area contributed by atoms with E-state index in [1.165, 1.54) is 14.2 Å². The third-order valence-corrected chi connectivity index (χ3v) is 6.45. The number of carbonyl (C=O) groups excluding carboxylic acids is 2. The highest BCUT2D eigenvalue weighted by atomic mass is 16.7. The van der Waals surface area contributed by atoms with Gasteiger partial charge in [-0.25, -0.2) is 4.79 Å². The van der Waals surface area contributed by atoms with Gasteiger partial charge in [0.25, 0.3) is 0 Å². The summed E-state index contributed by atoms with van der Waals surface area (Å²) >= 11 is 0. The van der Waals surface area contributed by atoms with Crippen molar-refractivity contribution in [2.24, 2.45) is 10.8 Å². The monoisotopic (exact) mass is 386 g/mol. The van der Waals surface area contributed by atoms with Crippen molar-refractivity contribution in [2.45, 2.75) is 37.9 Å². The number of hydrogen-bond donors (Lipinski definition) is 0. The summed E-state index contributed by atoms with van der Waals surface area (Å²) in [6.45, 7) is 4.90. The molecule has 4 rings (SSSR count). The van der Waals surface area contributed by atoms with Crippen molar-refractivity contribution in [2.75, 3.05) is 27.4 Å². The van der Waals surface area contributed by atoms with Gasteiger partial charge in [-0.15, -0.1) is 0 Å². The molecular formula is C22H26O6. The van der Waals surface area contributed by atoms with Crippen LogP contribution in [-0.2, 0) is 34.0 Å². The summed E-state index contributed by atoms with van der Waals surface area (Å²) in [6.07, 6.45) is 2.82. The molecule has 1 saturated carbocycles. The maximum atomic E-state index is 13.2. The summed E-state index contributed by atoms with van der Waals surface area (Å²) in [6, 6.07) is 9.77. The predicted molar refractivity (Wildman–Crippen MR) is 100 cm³/mol. The zero-order chi connectivity index (χ0) is 20.2. The highest BCUT2D eigenvalue weighted by molar-refractivity contribution is 6.02. The van der Waals surface area contributed by atoms with Gasteiger partial charge in [-0.1, -0.05) is 50.3 Å². The average molecular weight is 386 g/mol. The van der Waals surface area contributed by atoms with Crippen molar-refractivity contribution < 1.29 is 28.5 Å². The Morgan fingerprint density at radius 1 is 0.964 bits per heavy atom. The van der Waals surface area contributed by atoms with Gasteiger partial charge in [-0.2, -0.15) is 0 Å². The number of hydrogen-bond acceptors (Lipinski definition) is 6. The van der Waals surface area contributed by atoms with Crippen molar-refractivity contribution in [1.82, 2.24) is 0 Å². The van der Waals surface area contributed by atoms with E-state index >= 15 is 0 Å². The number of methoxy groups -OCH3 is 2. The van der Waals surface area contributed by atoms with Crippen LogP contribution in [0.15, 0.2) is 42.0 Å². The summed E-state index contributed by atoms with van der Waals surface area (Å²) in [5, 5.41) is 0. The van der Waals surface area contributed by atoms with E-state index in [9.17, 15) is 9.59 Å². The number of ether oxygens (including phenoxy) is 4. The first-order valence-corrected chi connectivity index (χ1v) is 9.52. The second kappa shape index (κ2) is 6.16. The van der Waals surface area contributed by atoms with E-state index in [1.54, 1.807) is 0 Å². The molecule has 1 aromatic carbocycles. The Morgan fingerprint density at radius 3 is 2.18 bits per heavy atom. The van der Waals surface area contributed by atoms with Gasteiger partial charge >= 0.3 is 11.9 Å². The fourth-order valence-corrected chi connectivity index (χ4v) is 5.14. The summed E-state index contributed by atoms with van der Waals surface area (Å²) in [7, 11) is 2.64. The molecule has 0 unspecified atom stereocenters. The van der Waals surface area contributed by atoms with Gasteiger partial charge in [0, 0.05) is 5.41 Å². The molecule has 28 heavy (non-hydrogen) atoms. The first kappa shape index (κ1) is 19.2. The molecule has 0 amide bonds. The standard InChI is InChI=1S/C22H26O6/c1-19(2)13-27-22(28-14-19)20(15-8-6-5-7-9-15)10-11-21(22,18(24)26-4)16(12-20)17(23)25-3/h5-9,12H,10-11,13-14H2,1-4H3/t20-,21+/m0/s1. The summed E-state index contributed by atoms with van der Waals surface area (Å²) in [4.78, 5) is 25.9. The molecule has 1 saturated heterocycles. The zero-order valence-corrected chi connectivity index (χ0v) is 16.7.